The lowest BCUT2D eigenvalue weighted by Crippen LogP contribution is -2.35. The molecule has 0 aliphatic carbocycles. The number of amides is 1. The van der Waals surface area contributed by atoms with Gasteiger partial charge >= 0.3 is 5.63 Å². The molecule has 1 heterocycles. The number of carbonyl (C=O) groups is 1. The van der Waals surface area contributed by atoms with E-state index in [0.29, 0.717) is 22.2 Å². The number of benzene rings is 3. The summed E-state index contributed by atoms with van der Waals surface area (Å²) >= 11 is 4.98. The van der Waals surface area contributed by atoms with Gasteiger partial charge in [0.05, 0.1) is 12.7 Å². The molecular weight excluding hydrogens is 488 g/mol. The molecule has 0 saturated heterocycles. The van der Waals surface area contributed by atoms with Gasteiger partial charge in [0, 0.05) is 11.1 Å². The molecule has 0 fully saturated rings. The highest BCUT2D eigenvalue weighted by Gasteiger charge is 2.30. The van der Waals surface area contributed by atoms with Crippen LogP contribution in [0.15, 0.2) is 63.8 Å². The van der Waals surface area contributed by atoms with E-state index in [4.69, 9.17) is 16.6 Å². The van der Waals surface area contributed by atoms with Crippen molar-refractivity contribution < 1.29 is 31.5 Å². The van der Waals surface area contributed by atoms with Gasteiger partial charge in [-0.1, -0.05) is 30.3 Å². The Balaban J connectivity index is 1.57. The number of nitrogens with one attached hydrogen (secondary N) is 2. The Kier molecular flexibility index (Phi) is 6.52. The molecule has 1 aromatic heterocycles. The van der Waals surface area contributed by atoms with Gasteiger partial charge < -0.3 is 14.5 Å². The SMILES string of the molecule is COc1c(F)c(F)c(C(=O)NC(=S)Nc2cccc(-c3cc4ccccc4oc3=O)c2)c(F)c1F. The van der Waals surface area contributed by atoms with Crippen molar-refractivity contribution >= 4 is 39.9 Å². The first-order valence-corrected chi connectivity index (χ1v) is 10.3. The van der Waals surface area contributed by atoms with Crippen molar-refractivity contribution in [2.24, 2.45) is 0 Å². The molecule has 2 N–H and O–H groups in total. The highest BCUT2D eigenvalue weighted by atomic mass is 32.1. The van der Waals surface area contributed by atoms with Crippen LogP contribution in [0.5, 0.6) is 5.75 Å². The van der Waals surface area contributed by atoms with Gasteiger partial charge in [0.15, 0.2) is 22.5 Å². The summed E-state index contributed by atoms with van der Waals surface area (Å²) in [5, 5.41) is 4.85. The molecule has 0 spiro atoms. The summed E-state index contributed by atoms with van der Waals surface area (Å²) in [6.45, 7) is 0. The molecule has 11 heteroatoms. The van der Waals surface area contributed by atoms with Gasteiger partial charge in [0.2, 0.25) is 11.6 Å². The molecule has 35 heavy (non-hydrogen) atoms. The number of rotatable bonds is 4. The number of anilines is 1. The number of halogens is 4. The van der Waals surface area contributed by atoms with E-state index in [1.54, 1.807) is 48.5 Å². The van der Waals surface area contributed by atoms with Gasteiger partial charge in [0.25, 0.3) is 5.91 Å². The number of hydrogen-bond acceptors (Lipinski definition) is 5. The van der Waals surface area contributed by atoms with Crippen LogP contribution in [-0.4, -0.2) is 18.1 Å². The molecule has 0 aliphatic rings. The fourth-order valence-corrected chi connectivity index (χ4v) is 3.56. The third-order valence-corrected chi connectivity index (χ3v) is 5.16. The summed E-state index contributed by atoms with van der Waals surface area (Å²) in [4.78, 5) is 24.7. The van der Waals surface area contributed by atoms with Crippen LogP contribution in [0.3, 0.4) is 0 Å². The zero-order valence-electron chi connectivity index (χ0n) is 17.7. The number of methoxy groups -OCH3 is 1. The Morgan fingerprint density at radius 3 is 2.31 bits per heavy atom. The lowest BCUT2D eigenvalue weighted by atomic mass is 10.1. The molecule has 178 valence electrons. The fraction of sp³-hybridized carbons (Fsp3) is 0.0417. The summed E-state index contributed by atoms with van der Waals surface area (Å²) in [6.07, 6.45) is 0. The molecule has 4 aromatic rings. The predicted molar refractivity (Wildman–Crippen MR) is 124 cm³/mol. The maximum absolute atomic E-state index is 14.2. The summed E-state index contributed by atoms with van der Waals surface area (Å²) in [5.74, 6) is -10.4. The standard InChI is InChI=1S/C24H14F4N2O4S/c1-33-21-19(27)17(25)16(18(26)20(21)28)22(31)30-24(35)29-13-7-4-6-11(9-13)14-10-12-5-2-3-8-15(12)34-23(14)32/h2-10H,1H3,(H2,29,30,31,35). The van der Waals surface area contributed by atoms with Crippen LogP contribution in [-0.2, 0) is 0 Å². The van der Waals surface area contributed by atoms with Gasteiger partial charge in [-0.2, -0.15) is 8.78 Å². The lowest BCUT2D eigenvalue weighted by molar-refractivity contribution is 0.0966. The first-order chi connectivity index (χ1) is 16.7. The summed E-state index contributed by atoms with van der Waals surface area (Å²) in [5.41, 5.74) is -0.645. The third kappa shape index (κ3) is 4.58. The van der Waals surface area contributed by atoms with Crippen LogP contribution in [0, 0.1) is 23.3 Å². The second-order valence-corrected chi connectivity index (χ2v) is 7.55. The van der Waals surface area contributed by atoms with Crippen LogP contribution in [0.25, 0.3) is 22.1 Å². The van der Waals surface area contributed by atoms with Crippen molar-refractivity contribution in [3.63, 3.8) is 0 Å². The minimum absolute atomic E-state index is 0.260. The van der Waals surface area contributed by atoms with E-state index in [9.17, 15) is 27.2 Å². The van der Waals surface area contributed by atoms with Gasteiger partial charge in [-0.05, 0) is 42.0 Å². The molecule has 0 bridgehead atoms. The monoisotopic (exact) mass is 502 g/mol. The van der Waals surface area contributed by atoms with Crippen molar-refractivity contribution in [3.05, 3.63) is 93.8 Å². The molecular formula is C24H14F4N2O4S. The number of ether oxygens (including phenoxy) is 1. The van der Waals surface area contributed by atoms with E-state index in [0.717, 1.165) is 7.11 Å². The minimum atomic E-state index is -1.94. The predicted octanol–water partition coefficient (Wildman–Crippen LogP) is 5.15. The third-order valence-electron chi connectivity index (χ3n) is 4.95. The van der Waals surface area contributed by atoms with E-state index in [2.05, 4.69) is 10.1 Å². The second-order valence-electron chi connectivity index (χ2n) is 7.14. The lowest BCUT2D eigenvalue weighted by Gasteiger charge is -2.13. The van der Waals surface area contributed by atoms with Gasteiger partial charge in [0.1, 0.15) is 11.1 Å². The van der Waals surface area contributed by atoms with Crippen molar-refractivity contribution in [2.75, 3.05) is 12.4 Å². The molecule has 0 atom stereocenters. The number of hydrogen-bond donors (Lipinski definition) is 2. The highest BCUT2D eigenvalue weighted by Crippen LogP contribution is 2.30. The van der Waals surface area contributed by atoms with Crippen molar-refractivity contribution in [1.29, 1.82) is 0 Å². The number of carbonyl (C=O) groups excluding carboxylic acids is 1. The Bertz CT molecular complexity index is 1530. The van der Waals surface area contributed by atoms with Gasteiger partial charge in [-0.15, -0.1) is 0 Å². The molecule has 4 rings (SSSR count). The second kappa shape index (κ2) is 9.55. The minimum Gasteiger partial charge on any atom is -0.491 e. The van der Waals surface area contributed by atoms with Crippen molar-refractivity contribution in [1.82, 2.24) is 5.32 Å². The molecule has 3 aromatic carbocycles. The zero-order chi connectivity index (χ0) is 25.3. The van der Waals surface area contributed by atoms with Crippen LogP contribution < -0.4 is 21.0 Å². The van der Waals surface area contributed by atoms with Crippen molar-refractivity contribution in [3.8, 4) is 16.9 Å². The number of thiocarbonyl (C=S) groups is 1. The van der Waals surface area contributed by atoms with E-state index >= 15 is 0 Å². The Labute approximate surface area is 200 Å². The molecule has 0 unspecified atom stereocenters. The smallest absolute Gasteiger partial charge is 0.344 e. The van der Waals surface area contributed by atoms with E-state index in [1.165, 1.54) is 6.07 Å². The van der Waals surface area contributed by atoms with Crippen LogP contribution in [0.4, 0.5) is 23.2 Å². The summed E-state index contributed by atoms with van der Waals surface area (Å²) < 4.78 is 65.8. The topological polar surface area (TPSA) is 80.6 Å². The van der Waals surface area contributed by atoms with E-state index in [-0.39, 0.29) is 5.56 Å². The quantitative estimate of drug-likeness (QED) is 0.174. The maximum atomic E-state index is 14.2. The zero-order valence-corrected chi connectivity index (χ0v) is 18.6. The van der Waals surface area contributed by atoms with Crippen LogP contribution in [0.2, 0.25) is 0 Å². The average molecular weight is 502 g/mol. The number of para-hydroxylation sites is 1. The summed E-state index contributed by atoms with van der Waals surface area (Å²) in [6, 6.07) is 14.9. The first-order valence-electron chi connectivity index (χ1n) is 9.86. The number of fused-ring (bicyclic) bond motifs is 1. The van der Waals surface area contributed by atoms with Crippen molar-refractivity contribution in [2.45, 2.75) is 0 Å². The highest BCUT2D eigenvalue weighted by molar-refractivity contribution is 7.80. The Hall–Kier alpha value is -4.25. The van der Waals surface area contributed by atoms with Gasteiger partial charge in [-0.3, -0.25) is 10.1 Å². The molecule has 0 aliphatic heterocycles. The van der Waals surface area contributed by atoms with E-state index < -0.39 is 51.2 Å². The Morgan fingerprint density at radius 1 is 0.943 bits per heavy atom. The molecule has 0 radical (unpaired) electrons. The first kappa shape index (κ1) is 23.9. The van der Waals surface area contributed by atoms with Crippen LogP contribution in [0.1, 0.15) is 10.4 Å². The fourth-order valence-electron chi connectivity index (χ4n) is 3.35. The van der Waals surface area contributed by atoms with Gasteiger partial charge in [-0.25, -0.2) is 13.6 Å². The average Bonchev–Trinajstić information content (AvgIpc) is 2.83. The molecule has 1 amide bonds. The summed E-state index contributed by atoms with van der Waals surface area (Å²) in [7, 11) is 0.815. The van der Waals surface area contributed by atoms with Crippen LogP contribution >= 0.6 is 12.2 Å². The molecule has 0 saturated carbocycles. The largest absolute Gasteiger partial charge is 0.491 e. The molecule has 6 nitrogen and oxygen atoms in total. The van der Waals surface area contributed by atoms with E-state index in [1.807, 2.05) is 5.32 Å². The normalized spacial score (nSPS) is 10.8. The maximum Gasteiger partial charge on any atom is 0.344 e. The Morgan fingerprint density at radius 2 is 1.63 bits per heavy atom.